The molecule has 0 bridgehead atoms. The summed E-state index contributed by atoms with van der Waals surface area (Å²) in [4.78, 5) is 27.7. The van der Waals surface area contributed by atoms with Crippen molar-refractivity contribution in [2.75, 3.05) is 7.11 Å². The molecule has 0 atom stereocenters. The van der Waals surface area contributed by atoms with E-state index in [0.29, 0.717) is 16.9 Å². The van der Waals surface area contributed by atoms with Gasteiger partial charge in [-0.3, -0.25) is 9.78 Å². The minimum atomic E-state index is -0.489. The number of pyridine rings is 1. The standard InChI is InChI=1S/C16H11NO4/c1-20-16(19)11-2-3-13-12(9-11)15(18)14(21-13)8-10-4-6-17-7-5-10/h2-9H,1H3/b14-8-. The van der Waals surface area contributed by atoms with Gasteiger partial charge in [-0.2, -0.15) is 0 Å². The number of carbonyl (C=O) groups excluding carboxylic acids is 2. The van der Waals surface area contributed by atoms with Gasteiger partial charge in [0.05, 0.1) is 18.2 Å². The summed E-state index contributed by atoms with van der Waals surface area (Å²) in [7, 11) is 1.29. The Morgan fingerprint density at radius 2 is 2.00 bits per heavy atom. The van der Waals surface area contributed by atoms with Crippen LogP contribution < -0.4 is 4.74 Å². The van der Waals surface area contributed by atoms with Crippen molar-refractivity contribution in [3.8, 4) is 5.75 Å². The smallest absolute Gasteiger partial charge is 0.337 e. The number of allylic oxidation sites excluding steroid dienone is 1. The Bertz CT molecular complexity index is 750. The van der Waals surface area contributed by atoms with E-state index < -0.39 is 5.97 Å². The first kappa shape index (κ1) is 13.1. The molecule has 104 valence electrons. The molecule has 0 radical (unpaired) electrons. The van der Waals surface area contributed by atoms with Crippen molar-refractivity contribution in [1.82, 2.24) is 4.98 Å². The van der Waals surface area contributed by atoms with E-state index in [2.05, 4.69) is 9.72 Å². The van der Waals surface area contributed by atoms with Crippen molar-refractivity contribution in [2.45, 2.75) is 0 Å². The molecule has 0 unspecified atom stereocenters. The predicted molar refractivity (Wildman–Crippen MR) is 75.0 cm³/mol. The average Bonchev–Trinajstić information content (AvgIpc) is 2.83. The van der Waals surface area contributed by atoms with Crippen LogP contribution in [0.2, 0.25) is 0 Å². The summed E-state index contributed by atoms with van der Waals surface area (Å²) in [5.74, 6) is -0.0871. The maximum atomic E-state index is 12.3. The van der Waals surface area contributed by atoms with Crippen LogP contribution in [0, 0.1) is 0 Å². The molecule has 5 heteroatoms. The second kappa shape index (κ2) is 5.20. The van der Waals surface area contributed by atoms with E-state index in [-0.39, 0.29) is 11.5 Å². The van der Waals surface area contributed by atoms with Gasteiger partial charge in [-0.05, 0) is 42.0 Å². The zero-order valence-corrected chi connectivity index (χ0v) is 11.2. The summed E-state index contributed by atoms with van der Waals surface area (Å²) in [6.07, 6.45) is 4.91. The minimum Gasteiger partial charge on any atom is -0.465 e. The van der Waals surface area contributed by atoms with Crippen LogP contribution in [0.5, 0.6) is 5.75 Å². The third-order valence-corrected chi connectivity index (χ3v) is 3.09. The molecule has 3 rings (SSSR count). The maximum absolute atomic E-state index is 12.3. The Kier molecular flexibility index (Phi) is 3.23. The molecule has 0 amide bonds. The normalized spacial score (nSPS) is 14.7. The van der Waals surface area contributed by atoms with Crippen LogP contribution in [0.25, 0.3) is 6.08 Å². The lowest BCUT2D eigenvalue weighted by Gasteiger charge is -2.00. The van der Waals surface area contributed by atoms with Crippen molar-refractivity contribution in [3.05, 3.63) is 65.2 Å². The van der Waals surface area contributed by atoms with Crippen LogP contribution in [0.1, 0.15) is 26.3 Å². The fourth-order valence-electron chi connectivity index (χ4n) is 2.04. The highest BCUT2D eigenvalue weighted by Gasteiger charge is 2.28. The Hall–Kier alpha value is -2.95. The van der Waals surface area contributed by atoms with E-state index in [1.807, 2.05) is 0 Å². The second-order valence-corrected chi connectivity index (χ2v) is 4.42. The highest BCUT2D eigenvalue weighted by molar-refractivity contribution is 6.15. The Morgan fingerprint density at radius 1 is 1.24 bits per heavy atom. The Morgan fingerprint density at radius 3 is 2.71 bits per heavy atom. The van der Waals surface area contributed by atoms with Crippen LogP contribution in [-0.4, -0.2) is 23.8 Å². The molecule has 0 spiro atoms. The molecule has 2 heterocycles. The van der Waals surface area contributed by atoms with Gasteiger partial charge in [0.25, 0.3) is 0 Å². The highest BCUT2D eigenvalue weighted by atomic mass is 16.5. The number of aromatic nitrogens is 1. The van der Waals surface area contributed by atoms with Gasteiger partial charge in [0.1, 0.15) is 5.75 Å². The van der Waals surface area contributed by atoms with Crippen molar-refractivity contribution in [3.63, 3.8) is 0 Å². The molecule has 0 saturated carbocycles. The first-order valence-electron chi connectivity index (χ1n) is 6.25. The van der Waals surface area contributed by atoms with Gasteiger partial charge in [-0.15, -0.1) is 0 Å². The Balaban J connectivity index is 1.96. The largest absolute Gasteiger partial charge is 0.465 e. The molecule has 2 aromatic rings. The fourth-order valence-corrected chi connectivity index (χ4v) is 2.04. The number of fused-ring (bicyclic) bond motifs is 1. The molecule has 0 saturated heterocycles. The van der Waals surface area contributed by atoms with Crippen LogP contribution in [0.4, 0.5) is 0 Å². The molecular weight excluding hydrogens is 270 g/mol. The first-order chi connectivity index (χ1) is 10.2. The minimum absolute atomic E-state index is 0.221. The van der Waals surface area contributed by atoms with Gasteiger partial charge < -0.3 is 9.47 Å². The van der Waals surface area contributed by atoms with Crippen LogP contribution in [-0.2, 0) is 4.74 Å². The zero-order valence-electron chi connectivity index (χ0n) is 11.2. The van der Waals surface area contributed by atoms with Gasteiger partial charge in [-0.25, -0.2) is 4.79 Å². The predicted octanol–water partition coefficient (Wildman–Crippen LogP) is 2.48. The molecule has 1 aromatic carbocycles. The summed E-state index contributed by atoms with van der Waals surface area (Å²) in [6.45, 7) is 0. The molecule has 5 nitrogen and oxygen atoms in total. The van der Waals surface area contributed by atoms with Gasteiger partial charge in [0, 0.05) is 12.4 Å². The number of ketones is 1. The van der Waals surface area contributed by atoms with E-state index >= 15 is 0 Å². The van der Waals surface area contributed by atoms with E-state index in [1.54, 1.807) is 42.7 Å². The first-order valence-corrected chi connectivity index (χ1v) is 6.25. The number of methoxy groups -OCH3 is 1. The average molecular weight is 281 g/mol. The molecule has 1 aliphatic heterocycles. The molecular formula is C16H11NO4. The van der Waals surface area contributed by atoms with Crippen LogP contribution in [0.15, 0.2) is 48.5 Å². The number of hydrogen-bond acceptors (Lipinski definition) is 5. The van der Waals surface area contributed by atoms with Crippen molar-refractivity contribution >= 4 is 17.8 Å². The third-order valence-electron chi connectivity index (χ3n) is 3.09. The van der Waals surface area contributed by atoms with E-state index in [1.165, 1.54) is 13.2 Å². The third kappa shape index (κ3) is 2.41. The van der Waals surface area contributed by atoms with E-state index in [9.17, 15) is 9.59 Å². The lowest BCUT2D eigenvalue weighted by molar-refractivity contribution is 0.0600. The number of rotatable bonds is 2. The van der Waals surface area contributed by atoms with Gasteiger partial charge in [0.2, 0.25) is 5.78 Å². The summed E-state index contributed by atoms with van der Waals surface area (Å²) in [5, 5.41) is 0. The number of carbonyl (C=O) groups is 2. The summed E-state index contributed by atoms with van der Waals surface area (Å²) < 4.78 is 10.2. The fraction of sp³-hybridized carbons (Fsp3) is 0.0625. The summed E-state index contributed by atoms with van der Waals surface area (Å²) in [5.41, 5.74) is 1.49. The van der Waals surface area contributed by atoms with Gasteiger partial charge in [-0.1, -0.05) is 0 Å². The molecule has 1 aromatic heterocycles. The molecule has 21 heavy (non-hydrogen) atoms. The van der Waals surface area contributed by atoms with Crippen molar-refractivity contribution in [1.29, 1.82) is 0 Å². The molecule has 0 fully saturated rings. The summed E-state index contributed by atoms with van der Waals surface area (Å²) in [6, 6.07) is 8.18. The molecule has 0 N–H and O–H groups in total. The van der Waals surface area contributed by atoms with E-state index in [4.69, 9.17) is 4.74 Å². The SMILES string of the molecule is COC(=O)c1ccc2c(c1)C(=O)/C(=C/c1ccncc1)O2. The van der Waals surface area contributed by atoms with Gasteiger partial charge >= 0.3 is 5.97 Å². The lowest BCUT2D eigenvalue weighted by atomic mass is 10.1. The topological polar surface area (TPSA) is 65.5 Å². The van der Waals surface area contributed by atoms with Crippen LogP contribution in [0.3, 0.4) is 0 Å². The Labute approximate surface area is 120 Å². The van der Waals surface area contributed by atoms with E-state index in [0.717, 1.165) is 5.56 Å². The molecule has 0 aliphatic carbocycles. The number of esters is 1. The number of ether oxygens (including phenoxy) is 2. The number of benzene rings is 1. The van der Waals surface area contributed by atoms with Crippen molar-refractivity contribution in [2.24, 2.45) is 0 Å². The number of hydrogen-bond donors (Lipinski definition) is 0. The monoisotopic (exact) mass is 281 g/mol. The van der Waals surface area contributed by atoms with Crippen LogP contribution >= 0.6 is 0 Å². The zero-order chi connectivity index (χ0) is 14.8. The van der Waals surface area contributed by atoms with Gasteiger partial charge in [0.15, 0.2) is 5.76 Å². The quantitative estimate of drug-likeness (QED) is 0.625. The second-order valence-electron chi connectivity index (χ2n) is 4.42. The molecule has 1 aliphatic rings. The summed E-state index contributed by atoms with van der Waals surface area (Å²) >= 11 is 0. The lowest BCUT2D eigenvalue weighted by Crippen LogP contribution is -2.02. The highest BCUT2D eigenvalue weighted by Crippen LogP contribution is 2.32. The van der Waals surface area contributed by atoms with Crippen molar-refractivity contribution < 1.29 is 19.1 Å². The number of Topliss-reactive ketones (excluding diaryl/α,β-unsaturated/α-hetero) is 1. The maximum Gasteiger partial charge on any atom is 0.337 e. The number of nitrogens with zero attached hydrogens (tertiary/aromatic N) is 1.